The molecular weight excluding hydrogens is 574 g/mol. The number of ether oxygens (including phenoxy) is 1. The highest BCUT2D eigenvalue weighted by atomic mass is 16.5. The van der Waals surface area contributed by atoms with Crippen molar-refractivity contribution in [1.29, 1.82) is 0 Å². The molecule has 1 spiro atoms. The van der Waals surface area contributed by atoms with Gasteiger partial charge in [-0.15, -0.1) is 0 Å². The highest BCUT2D eigenvalue weighted by molar-refractivity contribution is 5.92. The molecule has 4 atom stereocenters. The molecule has 0 radical (unpaired) electrons. The van der Waals surface area contributed by atoms with Gasteiger partial charge in [0.1, 0.15) is 12.1 Å². The topological polar surface area (TPSA) is 141 Å². The quantitative estimate of drug-likeness (QED) is 0.413. The molecule has 3 N–H and O–H groups in total. The summed E-state index contributed by atoms with van der Waals surface area (Å²) in [7, 11) is 1.74. The smallest absolute Gasteiger partial charge is 0.316 e. The van der Waals surface area contributed by atoms with Gasteiger partial charge in [-0.2, -0.15) is 0 Å². The summed E-state index contributed by atoms with van der Waals surface area (Å²) in [5, 5.41) is 15.3. The number of cyclic esters (lactones) is 1. The summed E-state index contributed by atoms with van der Waals surface area (Å²) < 4.78 is 5.95. The summed E-state index contributed by atoms with van der Waals surface area (Å²) in [5.74, 6) is -1.99. The second-order valence-electron chi connectivity index (χ2n) is 13.1. The summed E-state index contributed by atoms with van der Waals surface area (Å²) in [5.41, 5.74) is 4.37. The number of esters is 1. The van der Waals surface area contributed by atoms with Crippen molar-refractivity contribution >= 4 is 40.7 Å². The lowest BCUT2D eigenvalue weighted by atomic mass is 9.72. The number of rotatable bonds is 1. The van der Waals surface area contributed by atoms with E-state index in [9.17, 15) is 24.3 Å². The van der Waals surface area contributed by atoms with Crippen molar-refractivity contribution in [3.63, 3.8) is 0 Å². The number of pyridine rings is 1. The lowest BCUT2D eigenvalue weighted by molar-refractivity contribution is -0.168. The van der Waals surface area contributed by atoms with Gasteiger partial charge in [0.25, 0.3) is 11.8 Å². The van der Waals surface area contributed by atoms with Gasteiger partial charge in [-0.25, -0.2) is 5.43 Å². The van der Waals surface area contributed by atoms with Crippen LogP contribution in [0.1, 0.15) is 83.5 Å². The van der Waals surface area contributed by atoms with E-state index >= 15 is 0 Å². The van der Waals surface area contributed by atoms with Crippen LogP contribution in [0, 0.1) is 11.3 Å². The first-order valence-electron chi connectivity index (χ1n) is 16.0. The van der Waals surface area contributed by atoms with Gasteiger partial charge in [0.2, 0.25) is 5.91 Å². The van der Waals surface area contributed by atoms with Crippen molar-refractivity contribution in [3.8, 4) is 0 Å². The molecule has 3 heterocycles. The number of benzene rings is 1. The molecule has 1 aromatic heterocycles. The maximum atomic E-state index is 13.9. The molecule has 1 aliphatic carbocycles. The predicted molar refractivity (Wildman–Crippen MR) is 169 cm³/mol. The third kappa shape index (κ3) is 6.89. The normalized spacial score (nSPS) is 31.3. The SMILES string of the molecule is CC(C)[C@@H]1OC(=O)C2(/C=C/c3ccc4ccc(nc4c3)[C@@H](C)N(C)C(=O)[C@@H]3CCCN(N3)C(=O)[C@H](C)NC1=O)CCC(O)CC2. The Kier molecular flexibility index (Phi) is 9.60. The van der Waals surface area contributed by atoms with Crippen LogP contribution < -0.4 is 10.7 Å². The van der Waals surface area contributed by atoms with Crippen molar-refractivity contribution in [2.45, 2.75) is 96.6 Å². The molecule has 1 saturated heterocycles. The number of aromatic nitrogens is 1. The molecule has 5 bridgehead atoms. The first kappa shape index (κ1) is 32.6. The van der Waals surface area contributed by atoms with E-state index in [1.165, 1.54) is 5.01 Å². The van der Waals surface area contributed by atoms with Crippen LogP contribution in [-0.4, -0.2) is 81.6 Å². The molecule has 11 nitrogen and oxygen atoms in total. The highest BCUT2D eigenvalue weighted by Gasteiger charge is 2.43. The van der Waals surface area contributed by atoms with E-state index in [0.29, 0.717) is 45.1 Å². The van der Waals surface area contributed by atoms with Gasteiger partial charge in [-0.1, -0.05) is 44.2 Å². The molecule has 2 aromatic rings. The summed E-state index contributed by atoms with van der Waals surface area (Å²) in [6.45, 7) is 7.47. The third-order valence-electron chi connectivity index (χ3n) is 9.52. The van der Waals surface area contributed by atoms with E-state index in [0.717, 1.165) is 22.2 Å². The van der Waals surface area contributed by atoms with Crippen LogP contribution in [0.2, 0.25) is 0 Å². The fourth-order valence-corrected chi connectivity index (χ4v) is 6.37. The highest BCUT2D eigenvalue weighted by Crippen LogP contribution is 2.40. The lowest BCUT2D eigenvalue weighted by Crippen LogP contribution is -2.61. The maximum absolute atomic E-state index is 13.9. The van der Waals surface area contributed by atoms with Crippen molar-refractivity contribution in [2.75, 3.05) is 13.6 Å². The van der Waals surface area contributed by atoms with E-state index in [2.05, 4.69) is 10.7 Å². The van der Waals surface area contributed by atoms with Crippen molar-refractivity contribution in [2.24, 2.45) is 11.3 Å². The van der Waals surface area contributed by atoms with E-state index in [1.807, 2.05) is 49.4 Å². The molecule has 3 aliphatic rings. The van der Waals surface area contributed by atoms with E-state index in [-0.39, 0.29) is 23.8 Å². The Labute approximate surface area is 264 Å². The van der Waals surface area contributed by atoms with Crippen LogP contribution in [0.25, 0.3) is 17.0 Å². The number of hydrazine groups is 1. The Morgan fingerprint density at radius 1 is 1.02 bits per heavy atom. The van der Waals surface area contributed by atoms with Crippen molar-refractivity contribution in [3.05, 3.63) is 47.7 Å². The van der Waals surface area contributed by atoms with Gasteiger partial charge in [0, 0.05) is 19.0 Å². The summed E-state index contributed by atoms with van der Waals surface area (Å²) in [6, 6.07) is 7.89. The number of likely N-dealkylation sites (N-methyl/N-ethyl adjacent to an activating group) is 1. The Balaban J connectivity index is 1.55. The standard InChI is InChI=1S/C34H45N5O6/c1-20(2)29-30(41)35-21(3)31(42)39-18-6-7-27(37-39)32(43)38(5)22(4)26-11-10-24-9-8-23(19-28(24)36-26)12-15-34(33(44)45-29)16-13-25(40)14-17-34/h8-12,15,19-22,25,27,29,37,40H,6-7,13-14,16-18H2,1-5H3,(H,35,41)/b15-12+/t21-,22+,25?,27-,29-,34?/m0/s1. The van der Waals surface area contributed by atoms with Gasteiger partial charge >= 0.3 is 5.97 Å². The van der Waals surface area contributed by atoms with Gasteiger partial charge < -0.3 is 20.1 Å². The number of amides is 3. The number of hydrogen-bond acceptors (Lipinski definition) is 8. The molecule has 2 fully saturated rings. The minimum absolute atomic E-state index is 0.157. The molecule has 5 rings (SSSR count). The van der Waals surface area contributed by atoms with Crippen LogP contribution in [0.3, 0.4) is 0 Å². The molecule has 1 aromatic carbocycles. The minimum atomic E-state index is -1.12. The minimum Gasteiger partial charge on any atom is -0.451 e. The number of fused-ring (bicyclic) bond motifs is 4. The lowest BCUT2D eigenvalue weighted by Gasteiger charge is -2.37. The Morgan fingerprint density at radius 3 is 2.44 bits per heavy atom. The summed E-state index contributed by atoms with van der Waals surface area (Å²) >= 11 is 0. The molecule has 242 valence electrons. The monoisotopic (exact) mass is 619 g/mol. The fourth-order valence-electron chi connectivity index (χ4n) is 6.37. The third-order valence-corrected chi connectivity index (χ3v) is 9.52. The number of nitrogens with zero attached hydrogens (tertiary/aromatic N) is 3. The van der Waals surface area contributed by atoms with Crippen LogP contribution in [-0.2, 0) is 23.9 Å². The first-order valence-corrected chi connectivity index (χ1v) is 16.0. The number of carbonyl (C=O) groups excluding carboxylic acids is 4. The Hall–Kier alpha value is -3.83. The molecular formula is C34H45N5O6. The van der Waals surface area contributed by atoms with E-state index < -0.39 is 41.6 Å². The molecule has 2 aliphatic heterocycles. The summed E-state index contributed by atoms with van der Waals surface area (Å²) in [4.78, 5) is 60.9. The maximum Gasteiger partial charge on any atom is 0.316 e. The second kappa shape index (κ2) is 13.3. The molecule has 1 saturated carbocycles. The van der Waals surface area contributed by atoms with E-state index in [4.69, 9.17) is 9.72 Å². The largest absolute Gasteiger partial charge is 0.451 e. The van der Waals surface area contributed by atoms with Crippen LogP contribution in [0.5, 0.6) is 0 Å². The second-order valence-corrected chi connectivity index (χ2v) is 13.1. The van der Waals surface area contributed by atoms with E-state index in [1.54, 1.807) is 32.7 Å². The number of hydrogen-bond donors (Lipinski definition) is 3. The van der Waals surface area contributed by atoms with Crippen molar-refractivity contribution < 1.29 is 29.0 Å². The average molecular weight is 620 g/mol. The molecule has 3 amide bonds. The summed E-state index contributed by atoms with van der Waals surface area (Å²) in [6.07, 6.45) is 4.87. The van der Waals surface area contributed by atoms with Gasteiger partial charge in [0.15, 0.2) is 6.10 Å². The fraction of sp³-hybridized carbons (Fsp3) is 0.559. The van der Waals surface area contributed by atoms with Crippen LogP contribution in [0.4, 0.5) is 0 Å². The van der Waals surface area contributed by atoms with Gasteiger partial charge in [0.05, 0.1) is 28.8 Å². The van der Waals surface area contributed by atoms with Crippen LogP contribution >= 0.6 is 0 Å². The zero-order chi connectivity index (χ0) is 32.5. The first-order chi connectivity index (χ1) is 21.4. The molecule has 45 heavy (non-hydrogen) atoms. The molecule has 0 unspecified atom stereocenters. The zero-order valence-corrected chi connectivity index (χ0v) is 26.8. The Morgan fingerprint density at radius 2 is 1.73 bits per heavy atom. The number of aliphatic hydroxyl groups excluding tert-OH is 1. The number of carbonyl (C=O) groups is 4. The molecule has 11 heteroatoms. The average Bonchev–Trinajstić information content (AvgIpc) is 3.04. The predicted octanol–water partition coefficient (Wildman–Crippen LogP) is 3.27. The number of aliphatic hydroxyl groups is 1. The Bertz CT molecular complexity index is 1480. The number of nitrogens with one attached hydrogen (secondary N) is 2. The van der Waals surface area contributed by atoms with Gasteiger partial charge in [-0.3, -0.25) is 29.2 Å². The van der Waals surface area contributed by atoms with Gasteiger partial charge in [-0.05, 0) is 76.0 Å². The van der Waals surface area contributed by atoms with Crippen molar-refractivity contribution in [1.82, 2.24) is 25.6 Å². The zero-order valence-electron chi connectivity index (χ0n) is 26.8. The van der Waals surface area contributed by atoms with Crippen LogP contribution in [0.15, 0.2) is 36.4 Å².